The number of ether oxygens (including phenoxy) is 1. The second-order valence-electron chi connectivity index (χ2n) is 4.39. The lowest BCUT2D eigenvalue weighted by molar-refractivity contribution is -0.119. The molecule has 0 atom stereocenters. The summed E-state index contributed by atoms with van der Waals surface area (Å²) < 4.78 is 6.51. The first-order valence-corrected chi connectivity index (χ1v) is 8.77. The summed E-state index contributed by atoms with van der Waals surface area (Å²) >= 11 is 7.79. The first-order valence-electron chi connectivity index (χ1n) is 6.37. The van der Waals surface area contributed by atoms with Crippen LogP contribution in [0, 0.1) is 11.3 Å². The highest BCUT2D eigenvalue weighted by Crippen LogP contribution is 2.32. The van der Waals surface area contributed by atoms with Gasteiger partial charge in [-0.05, 0) is 55.6 Å². The number of rotatable bonds is 5. The Kier molecular flexibility index (Phi) is 6.33. The van der Waals surface area contributed by atoms with Crippen LogP contribution in [0.25, 0.3) is 0 Å². The zero-order valence-electron chi connectivity index (χ0n) is 11.6. The van der Waals surface area contributed by atoms with E-state index in [-0.39, 0.29) is 6.61 Å². The van der Waals surface area contributed by atoms with E-state index in [1.807, 2.05) is 6.07 Å². The van der Waals surface area contributed by atoms with Crippen molar-refractivity contribution in [1.82, 2.24) is 0 Å². The van der Waals surface area contributed by atoms with Crippen molar-refractivity contribution in [2.45, 2.75) is 6.42 Å². The number of anilines is 1. The molecule has 8 heteroatoms. The lowest BCUT2D eigenvalue weighted by atomic mass is 10.1. The first kappa shape index (κ1) is 17.7. The number of carbonyl (C=O) groups excluding carboxylic acids is 2. The van der Waals surface area contributed by atoms with Crippen LogP contribution in [0.3, 0.4) is 0 Å². The molecule has 0 aliphatic rings. The van der Waals surface area contributed by atoms with Crippen molar-refractivity contribution in [3.05, 3.63) is 49.0 Å². The van der Waals surface area contributed by atoms with E-state index < -0.39 is 11.9 Å². The SMILES string of the molecule is N#CCc1ccc(NC(=O)COC(=O)c2cc(Br)c(Br)s2)cc1. The third-order valence-electron chi connectivity index (χ3n) is 2.70. The summed E-state index contributed by atoms with van der Waals surface area (Å²) in [6, 6.07) is 10.6. The molecule has 1 aromatic carbocycles. The van der Waals surface area contributed by atoms with E-state index in [0.29, 0.717) is 17.0 Å². The second kappa shape index (κ2) is 8.24. The molecule has 2 rings (SSSR count). The van der Waals surface area contributed by atoms with Crippen molar-refractivity contribution in [3.8, 4) is 6.07 Å². The molecule has 1 heterocycles. The average Bonchev–Trinajstić information content (AvgIpc) is 2.87. The van der Waals surface area contributed by atoms with Gasteiger partial charge in [-0.1, -0.05) is 12.1 Å². The number of nitrogens with zero attached hydrogens (tertiary/aromatic N) is 1. The molecule has 23 heavy (non-hydrogen) atoms. The number of nitrogens with one attached hydrogen (secondary N) is 1. The Morgan fingerprint density at radius 2 is 1.96 bits per heavy atom. The molecule has 0 spiro atoms. The van der Waals surface area contributed by atoms with Crippen molar-refractivity contribution in [2.75, 3.05) is 11.9 Å². The molecule has 0 aliphatic carbocycles. The molecule has 1 amide bonds. The van der Waals surface area contributed by atoms with Crippen LogP contribution < -0.4 is 5.32 Å². The molecular formula is C15H10Br2N2O3S. The highest BCUT2D eigenvalue weighted by atomic mass is 79.9. The molecule has 2 aromatic rings. The topological polar surface area (TPSA) is 79.2 Å². The van der Waals surface area contributed by atoms with Crippen LogP contribution >= 0.6 is 43.2 Å². The Morgan fingerprint density at radius 3 is 2.52 bits per heavy atom. The fraction of sp³-hybridized carbons (Fsp3) is 0.133. The fourth-order valence-corrected chi connectivity index (χ4v) is 3.57. The van der Waals surface area contributed by atoms with Crippen molar-refractivity contribution in [1.29, 1.82) is 5.26 Å². The van der Waals surface area contributed by atoms with Gasteiger partial charge in [0.05, 0.1) is 16.3 Å². The summed E-state index contributed by atoms with van der Waals surface area (Å²) in [6.07, 6.45) is 0.317. The maximum Gasteiger partial charge on any atom is 0.348 e. The van der Waals surface area contributed by atoms with Crippen LogP contribution in [0.15, 0.2) is 38.6 Å². The van der Waals surface area contributed by atoms with Gasteiger partial charge in [0.25, 0.3) is 5.91 Å². The van der Waals surface area contributed by atoms with Crippen LogP contribution in [-0.2, 0) is 16.0 Å². The number of benzene rings is 1. The Balaban J connectivity index is 1.85. The van der Waals surface area contributed by atoms with Gasteiger partial charge in [-0.25, -0.2) is 4.79 Å². The molecule has 1 N–H and O–H groups in total. The zero-order valence-corrected chi connectivity index (χ0v) is 15.6. The molecule has 0 unspecified atom stereocenters. The van der Waals surface area contributed by atoms with Crippen molar-refractivity contribution in [3.63, 3.8) is 0 Å². The monoisotopic (exact) mass is 456 g/mol. The highest BCUT2D eigenvalue weighted by Gasteiger charge is 2.15. The third-order valence-corrected chi connectivity index (χ3v) is 5.94. The van der Waals surface area contributed by atoms with Gasteiger partial charge in [0, 0.05) is 10.2 Å². The van der Waals surface area contributed by atoms with Crippen LogP contribution in [0.2, 0.25) is 0 Å². The lowest BCUT2D eigenvalue weighted by Gasteiger charge is -2.06. The molecule has 1 aromatic heterocycles. The lowest BCUT2D eigenvalue weighted by Crippen LogP contribution is -2.20. The van der Waals surface area contributed by atoms with Gasteiger partial charge in [-0.3, -0.25) is 4.79 Å². The van der Waals surface area contributed by atoms with Crippen LogP contribution in [0.5, 0.6) is 0 Å². The number of halogens is 2. The van der Waals surface area contributed by atoms with Gasteiger partial charge in [0.1, 0.15) is 4.88 Å². The molecule has 118 valence electrons. The predicted octanol–water partition coefficient (Wildman–Crippen LogP) is 4.13. The van der Waals surface area contributed by atoms with Crippen LogP contribution in [0.1, 0.15) is 15.2 Å². The third kappa shape index (κ3) is 5.16. The summed E-state index contributed by atoms with van der Waals surface area (Å²) in [5, 5.41) is 11.2. The molecule has 0 saturated heterocycles. The zero-order chi connectivity index (χ0) is 16.8. The minimum atomic E-state index is -0.555. The van der Waals surface area contributed by atoms with Gasteiger partial charge < -0.3 is 10.1 Å². The number of hydrogen-bond acceptors (Lipinski definition) is 5. The van der Waals surface area contributed by atoms with Gasteiger partial charge in [-0.2, -0.15) is 5.26 Å². The summed E-state index contributed by atoms with van der Waals surface area (Å²) in [4.78, 5) is 24.0. The number of thiophene rings is 1. The van der Waals surface area contributed by atoms with E-state index in [2.05, 4.69) is 37.2 Å². The van der Waals surface area contributed by atoms with Gasteiger partial charge >= 0.3 is 5.97 Å². The molecule has 0 bridgehead atoms. The largest absolute Gasteiger partial charge is 0.451 e. The van der Waals surface area contributed by atoms with E-state index in [0.717, 1.165) is 13.8 Å². The normalized spacial score (nSPS) is 9.96. The van der Waals surface area contributed by atoms with E-state index in [1.165, 1.54) is 11.3 Å². The number of hydrogen-bond donors (Lipinski definition) is 1. The number of amides is 1. The molecule has 0 radical (unpaired) electrons. The summed E-state index contributed by atoms with van der Waals surface area (Å²) in [7, 11) is 0. The molecule has 5 nitrogen and oxygen atoms in total. The van der Waals surface area contributed by atoms with E-state index in [9.17, 15) is 9.59 Å². The quantitative estimate of drug-likeness (QED) is 0.684. The standard InChI is InChI=1S/C15H10Br2N2O3S/c16-11-7-12(23-14(11)17)15(21)22-8-13(20)19-10-3-1-9(2-4-10)5-6-18/h1-4,7H,5,8H2,(H,19,20). The predicted molar refractivity (Wildman–Crippen MR) is 94.4 cm³/mol. The van der Waals surface area contributed by atoms with E-state index >= 15 is 0 Å². The Hall–Kier alpha value is -1.69. The van der Waals surface area contributed by atoms with Crippen LogP contribution in [0.4, 0.5) is 5.69 Å². The van der Waals surface area contributed by atoms with Crippen molar-refractivity contribution in [2.24, 2.45) is 0 Å². The smallest absolute Gasteiger partial charge is 0.348 e. The summed E-state index contributed by atoms with van der Waals surface area (Å²) in [5.41, 5.74) is 1.44. The Morgan fingerprint density at radius 1 is 1.26 bits per heavy atom. The number of nitriles is 1. The van der Waals surface area contributed by atoms with Gasteiger partial charge in [0.2, 0.25) is 0 Å². The first-order chi connectivity index (χ1) is 11.0. The van der Waals surface area contributed by atoms with Gasteiger partial charge in [0.15, 0.2) is 6.61 Å². The Bertz CT molecular complexity index is 747. The number of esters is 1. The second-order valence-corrected chi connectivity index (χ2v) is 7.61. The summed E-state index contributed by atoms with van der Waals surface area (Å²) in [6.45, 7) is -0.369. The van der Waals surface area contributed by atoms with E-state index in [1.54, 1.807) is 30.3 Å². The average molecular weight is 458 g/mol. The van der Waals surface area contributed by atoms with Crippen LogP contribution in [-0.4, -0.2) is 18.5 Å². The molecule has 0 aliphatic heterocycles. The highest BCUT2D eigenvalue weighted by molar-refractivity contribution is 9.13. The molecular weight excluding hydrogens is 448 g/mol. The Labute approximate surface area is 153 Å². The maximum atomic E-state index is 11.8. The molecule has 0 saturated carbocycles. The molecule has 0 fully saturated rings. The number of carbonyl (C=O) groups is 2. The minimum Gasteiger partial charge on any atom is -0.451 e. The fourth-order valence-electron chi connectivity index (χ4n) is 1.64. The van der Waals surface area contributed by atoms with E-state index in [4.69, 9.17) is 10.00 Å². The minimum absolute atomic E-state index is 0.317. The van der Waals surface area contributed by atoms with Crippen molar-refractivity contribution < 1.29 is 14.3 Å². The van der Waals surface area contributed by atoms with Gasteiger partial charge in [-0.15, -0.1) is 11.3 Å². The maximum absolute atomic E-state index is 11.8. The van der Waals surface area contributed by atoms with Crippen molar-refractivity contribution >= 4 is 60.8 Å². The summed E-state index contributed by atoms with van der Waals surface area (Å²) in [5.74, 6) is -0.984.